The van der Waals surface area contributed by atoms with Crippen LogP contribution in [0.2, 0.25) is 0 Å². The van der Waals surface area contributed by atoms with Gasteiger partial charge in [-0.1, -0.05) is 12.1 Å². The molecule has 29 heavy (non-hydrogen) atoms. The van der Waals surface area contributed by atoms with Crippen molar-refractivity contribution >= 4 is 11.8 Å². The molecule has 2 aromatic rings. The fraction of sp³-hybridized carbons (Fsp3) is 0.350. The first-order chi connectivity index (χ1) is 14.0. The number of morpholine rings is 1. The van der Waals surface area contributed by atoms with Crippen LogP contribution in [0.3, 0.4) is 0 Å². The van der Waals surface area contributed by atoms with Crippen LogP contribution in [0.15, 0.2) is 29.1 Å². The zero-order chi connectivity index (χ0) is 20.5. The largest absolute Gasteiger partial charge is 0.502 e. The second kappa shape index (κ2) is 7.67. The van der Waals surface area contributed by atoms with Crippen molar-refractivity contribution in [3.8, 4) is 5.75 Å². The highest BCUT2D eigenvalue weighted by atomic mass is 19.1. The average Bonchev–Trinajstić information content (AvgIpc) is 2.74. The summed E-state index contributed by atoms with van der Waals surface area (Å²) in [6, 6.07) is 5.75. The van der Waals surface area contributed by atoms with E-state index < -0.39 is 17.2 Å². The molecule has 0 bridgehead atoms. The number of ether oxygens (including phenoxy) is 1. The molecule has 0 radical (unpaired) electrons. The van der Waals surface area contributed by atoms with Crippen LogP contribution in [0.4, 0.5) is 4.39 Å². The molecule has 0 unspecified atom stereocenters. The van der Waals surface area contributed by atoms with Gasteiger partial charge >= 0.3 is 0 Å². The van der Waals surface area contributed by atoms with Gasteiger partial charge < -0.3 is 24.6 Å². The van der Waals surface area contributed by atoms with E-state index in [2.05, 4.69) is 4.98 Å². The van der Waals surface area contributed by atoms with Gasteiger partial charge in [0.05, 0.1) is 18.8 Å². The molecular formula is C20H20FN3O5. The zero-order valence-electron chi connectivity index (χ0n) is 15.6. The number of nitrogens with one attached hydrogen (secondary N) is 1. The summed E-state index contributed by atoms with van der Waals surface area (Å²) in [6.07, 6.45) is 0.304. The van der Waals surface area contributed by atoms with Crippen LogP contribution in [-0.4, -0.2) is 64.6 Å². The lowest BCUT2D eigenvalue weighted by Gasteiger charge is -2.31. The second-order valence-corrected chi connectivity index (χ2v) is 7.04. The van der Waals surface area contributed by atoms with Gasteiger partial charge in [-0.05, 0) is 29.7 Å². The number of carbonyl (C=O) groups is 2. The first-order valence-corrected chi connectivity index (χ1v) is 9.34. The number of amides is 2. The van der Waals surface area contributed by atoms with E-state index in [0.29, 0.717) is 44.8 Å². The Morgan fingerprint density at radius 3 is 2.52 bits per heavy atom. The Bertz CT molecular complexity index is 1010. The molecule has 0 aliphatic carbocycles. The van der Waals surface area contributed by atoms with E-state index in [1.807, 2.05) is 0 Å². The molecule has 3 heterocycles. The Labute approximate surface area is 165 Å². The molecule has 1 saturated heterocycles. The maximum atomic E-state index is 13.1. The van der Waals surface area contributed by atoms with E-state index in [0.717, 1.165) is 5.56 Å². The fourth-order valence-electron chi connectivity index (χ4n) is 3.68. The first-order valence-electron chi connectivity index (χ1n) is 9.34. The molecule has 2 aliphatic rings. The standard InChI is InChI=1S/C20H20FN3O5/c21-13-3-1-12(2-4-13)11-24-6-5-14-15(19(24)27)17(25)18(26)22-16(14)20(28)23-7-9-29-10-8-23/h1-4,25H,5-11H2,(H,22,26). The van der Waals surface area contributed by atoms with Crippen LogP contribution in [0, 0.1) is 5.82 Å². The Balaban J connectivity index is 1.67. The van der Waals surface area contributed by atoms with E-state index in [9.17, 15) is 23.9 Å². The molecule has 4 rings (SSSR count). The number of rotatable bonds is 3. The molecule has 1 aromatic heterocycles. The minimum absolute atomic E-state index is 0.0412. The number of benzene rings is 1. The molecule has 0 saturated carbocycles. The molecule has 9 heteroatoms. The van der Waals surface area contributed by atoms with Crippen molar-refractivity contribution in [2.45, 2.75) is 13.0 Å². The maximum Gasteiger partial charge on any atom is 0.291 e. The summed E-state index contributed by atoms with van der Waals surface area (Å²) in [6.45, 7) is 2.10. The summed E-state index contributed by atoms with van der Waals surface area (Å²) >= 11 is 0. The number of H-pyrrole nitrogens is 1. The highest BCUT2D eigenvalue weighted by molar-refractivity contribution is 6.03. The highest BCUT2D eigenvalue weighted by Gasteiger charge is 2.34. The van der Waals surface area contributed by atoms with Gasteiger partial charge in [0.25, 0.3) is 17.4 Å². The summed E-state index contributed by atoms with van der Waals surface area (Å²) < 4.78 is 18.4. The lowest BCUT2D eigenvalue weighted by Crippen LogP contribution is -2.44. The van der Waals surface area contributed by atoms with Crippen LogP contribution in [0.25, 0.3) is 0 Å². The molecule has 1 aromatic carbocycles. The molecule has 2 amide bonds. The first kappa shape index (κ1) is 19.1. The van der Waals surface area contributed by atoms with Crippen LogP contribution in [0.5, 0.6) is 5.75 Å². The predicted molar refractivity (Wildman–Crippen MR) is 100 cm³/mol. The summed E-state index contributed by atoms with van der Waals surface area (Å²) in [5, 5.41) is 10.3. The number of fused-ring (bicyclic) bond motifs is 1. The molecule has 0 spiro atoms. The zero-order valence-corrected chi connectivity index (χ0v) is 15.6. The van der Waals surface area contributed by atoms with Gasteiger partial charge in [-0.25, -0.2) is 4.39 Å². The summed E-state index contributed by atoms with van der Waals surface area (Å²) in [5.41, 5.74) is 0.0895. The predicted octanol–water partition coefficient (Wildman–Crippen LogP) is 0.890. The Hall–Kier alpha value is -3.20. The molecule has 152 valence electrons. The number of hydrogen-bond donors (Lipinski definition) is 2. The third-order valence-electron chi connectivity index (χ3n) is 5.23. The number of pyridine rings is 1. The van der Waals surface area contributed by atoms with Crippen LogP contribution in [0.1, 0.15) is 32.0 Å². The SMILES string of the molecule is O=C(c1[nH]c(=O)c(O)c2c1CCN(Cc1ccc(F)cc1)C2=O)N1CCOCC1. The second-order valence-electron chi connectivity index (χ2n) is 7.04. The Morgan fingerprint density at radius 1 is 1.14 bits per heavy atom. The van der Waals surface area contributed by atoms with E-state index in [1.165, 1.54) is 17.0 Å². The fourth-order valence-corrected chi connectivity index (χ4v) is 3.68. The van der Waals surface area contributed by atoms with E-state index >= 15 is 0 Å². The van der Waals surface area contributed by atoms with Crippen molar-refractivity contribution in [1.82, 2.24) is 14.8 Å². The van der Waals surface area contributed by atoms with Crippen LogP contribution in [-0.2, 0) is 17.7 Å². The molecule has 1 fully saturated rings. The van der Waals surface area contributed by atoms with Gasteiger partial charge in [-0.3, -0.25) is 14.4 Å². The monoisotopic (exact) mass is 401 g/mol. The van der Waals surface area contributed by atoms with Crippen molar-refractivity contribution in [3.63, 3.8) is 0 Å². The number of hydrogen-bond acceptors (Lipinski definition) is 5. The van der Waals surface area contributed by atoms with Gasteiger partial charge in [0.2, 0.25) is 0 Å². The maximum absolute atomic E-state index is 13.1. The minimum atomic E-state index is -0.877. The molecule has 0 atom stereocenters. The summed E-state index contributed by atoms with van der Waals surface area (Å²) in [7, 11) is 0. The minimum Gasteiger partial charge on any atom is -0.502 e. The lowest BCUT2D eigenvalue weighted by molar-refractivity contribution is 0.0297. The van der Waals surface area contributed by atoms with Crippen molar-refractivity contribution < 1.29 is 23.8 Å². The molecule has 2 N–H and O–H groups in total. The molecule has 2 aliphatic heterocycles. The number of aromatic nitrogens is 1. The van der Waals surface area contributed by atoms with E-state index in [-0.39, 0.29) is 29.5 Å². The van der Waals surface area contributed by atoms with Crippen molar-refractivity contribution in [2.24, 2.45) is 0 Å². The van der Waals surface area contributed by atoms with E-state index in [1.54, 1.807) is 17.0 Å². The van der Waals surface area contributed by atoms with Gasteiger partial charge in [0.1, 0.15) is 11.5 Å². The normalized spacial score (nSPS) is 16.7. The quantitative estimate of drug-likeness (QED) is 0.795. The number of aromatic amines is 1. The van der Waals surface area contributed by atoms with Gasteiger partial charge in [-0.2, -0.15) is 0 Å². The number of aromatic hydroxyl groups is 1. The van der Waals surface area contributed by atoms with Crippen LogP contribution >= 0.6 is 0 Å². The van der Waals surface area contributed by atoms with Crippen molar-refractivity contribution in [3.05, 3.63) is 62.8 Å². The van der Waals surface area contributed by atoms with Crippen LogP contribution < -0.4 is 5.56 Å². The van der Waals surface area contributed by atoms with Crippen molar-refractivity contribution in [1.29, 1.82) is 0 Å². The number of nitrogens with zero attached hydrogens (tertiary/aromatic N) is 2. The summed E-state index contributed by atoms with van der Waals surface area (Å²) in [5.74, 6) is -1.98. The third-order valence-corrected chi connectivity index (χ3v) is 5.23. The number of carbonyl (C=O) groups excluding carboxylic acids is 2. The molecule has 8 nitrogen and oxygen atoms in total. The Morgan fingerprint density at radius 2 is 1.83 bits per heavy atom. The van der Waals surface area contributed by atoms with Gasteiger partial charge in [0, 0.05) is 26.2 Å². The highest BCUT2D eigenvalue weighted by Crippen LogP contribution is 2.28. The topological polar surface area (TPSA) is 103 Å². The smallest absolute Gasteiger partial charge is 0.291 e. The average molecular weight is 401 g/mol. The molecular weight excluding hydrogens is 381 g/mol. The van der Waals surface area contributed by atoms with Gasteiger partial charge in [-0.15, -0.1) is 0 Å². The Kier molecular flexibility index (Phi) is 5.06. The van der Waals surface area contributed by atoms with Crippen molar-refractivity contribution in [2.75, 3.05) is 32.8 Å². The van der Waals surface area contributed by atoms with E-state index in [4.69, 9.17) is 4.74 Å². The number of halogens is 1. The van der Waals surface area contributed by atoms with Gasteiger partial charge in [0.15, 0.2) is 5.75 Å². The third kappa shape index (κ3) is 3.61. The summed E-state index contributed by atoms with van der Waals surface area (Å²) in [4.78, 5) is 43.6. The lowest BCUT2D eigenvalue weighted by atomic mass is 9.95.